The van der Waals surface area contributed by atoms with E-state index in [-0.39, 0.29) is 18.1 Å². The van der Waals surface area contributed by atoms with Gasteiger partial charge in [-0.25, -0.2) is 5.84 Å². The fourth-order valence-corrected chi connectivity index (χ4v) is 2.75. The summed E-state index contributed by atoms with van der Waals surface area (Å²) in [6.45, 7) is 0. The Morgan fingerprint density at radius 1 is 1.76 bits per heavy atom. The maximum absolute atomic E-state index is 11.3. The van der Waals surface area contributed by atoms with Crippen LogP contribution in [-0.4, -0.2) is 33.6 Å². The standard InChI is InChI=1S/C10H16N4O2S/c1-14-5-8(4-12-14)17-6-7-2-3-9(16-7)10(15)13-11/h4-5,7,9H,2-3,6,11H2,1H3,(H,13,15). The molecule has 94 valence electrons. The number of amides is 1. The first-order valence-electron chi connectivity index (χ1n) is 5.46. The van der Waals surface area contributed by atoms with Gasteiger partial charge in [0.15, 0.2) is 0 Å². The van der Waals surface area contributed by atoms with Crippen molar-refractivity contribution in [2.75, 3.05) is 5.75 Å². The molecule has 2 rings (SSSR count). The highest BCUT2D eigenvalue weighted by Gasteiger charge is 2.30. The molecule has 1 aliphatic rings. The van der Waals surface area contributed by atoms with Crippen molar-refractivity contribution in [3.05, 3.63) is 12.4 Å². The van der Waals surface area contributed by atoms with Crippen molar-refractivity contribution >= 4 is 17.7 Å². The lowest BCUT2D eigenvalue weighted by molar-refractivity contribution is -0.131. The first-order chi connectivity index (χ1) is 8.19. The van der Waals surface area contributed by atoms with Gasteiger partial charge < -0.3 is 4.74 Å². The molecule has 1 aliphatic heterocycles. The third-order valence-electron chi connectivity index (χ3n) is 2.66. The zero-order valence-electron chi connectivity index (χ0n) is 9.63. The molecular formula is C10H16N4O2S. The maximum Gasteiger partial charge on any atom is 0.263 e. The predicted molar refractivity (Wildman–Crippen MR) is 64.2 cm³/mol. The van der Waals surface area contributed by atoms with E-state index in [4.69, 9.17) is 10.6 Å². The van der Waals surface area contributed by atoms with Gasteiger partial charge >= 0.3 is 0 Å². The van der Waals surface area contributed by atoms with Crippen LogP contribution in [0.4, 0.5) is 0 Å². The van der Waals surface area contributed by atoms with Crippen LogP contribution in [0.5, 0.6) is 0 Å². The van der Waals surface area contributed by atoms with Gasteiger partial charge in [0.05, 0.1) is 12.3 Å². The summed E-state index contributed by atoms with van der Waals surface area (Å²) in [5.41, 5.74) is 2.12. The van der Waals surface area contributed by atoms with E-state index < -0.39 is 0 Å². The molecule has 1 amide bonds. The zero-order valence-corrected chi connectivity index (χ0v) is 10.4. The minimum Gasteiger partial charge on any atom is -0.364 e. The van der Waals surface area contributed by atoms with Gasteiger partial charge in [0.1, 0.15) is 6.10 Å². The number of nitrogens with two attached hydrogens (primary N) is 1. The SMILES string of the molecule is Cn1cc(SCC2CCC(C(=O)NN)O2)cn1. The summed E-state index contributed by atoms with van der Waals surface area (Å²) < 4.78 is 7.37. The number of carbonyl (C=O) groups excluding carboxylic acids is 1. The zero-order chi connectivity index (χ0) is 12.3. The fraction of sp³-hybridized carbons (Fsp3) is 0.600. The van der Waals surface area contributed by atoms with Crippen molar-refractivity contribution in [2.45, 2.75) is 29.9 Å². The molecule has 0 aromatic carbocycles. The lowest BCUT2D eigenvalue weighted by Gasteiger charge is -2.11. The normalized spacial score (nSPS) is 23.9. The molecule has 0 radical (unpaired) electrons. The molecule has 1 aromatic heterocycles. The first kappa shape index (κ1) is 12.4. The summed E-state index contributed by atoms with van der Waals surface area (Å²) in [7, 11) is 1.89. The number of aryl methyl sites for hydroxylation is 1. The number of carbonyl (C=O) groups is 1. The Hall–Kier alpha value is -1.05. The Kier molecular flexibility index (Phi) is 4.03. The van der Waals surface area contributed by atoms with Gasteiger partial charge in [0.2, 0.25) is 0 Å². The van der Waals surface area contributed by atoms with Crippen LogP contribution in [0.2, 0.25) is 0 Å². The summed E-state index contributed by atoms with van der Waals surface area (Å²) in [6, 6.07) is 0. The minimum absolute atomic E-state index is 0.113. The van der Waals surface area contributed by atoms with Crippen LogP contribution < -0.4 is 11.3 Å². The highest BCUT2D eigenvalue weighted by molar-refractivity contribution is 7.99. The lowest BCUT2D eigenvalue weighted by atomic mass is 10.2. The van der Waals surface area contributed by atoms with Crippen LogP contribution in [0, 0.1) is 0 Å². The topological polar surface area (TPSA) is 82.2 Å². The largest absolute Gasteiger partial charge is 0.364 e. The average molecular weight is 256 g/mol. The van der Waals surface area contributed by atoms with Crippen LogP contribution in [0.25, 0.3) is 0 Å². The molecule has 17 heavy (non-hydrogen) atoms. The van der Waals surface area contributed by atoms with Crippen LogP contribution >= 0.6 is 11.8 Å². The van der Waals surface area contributed by atoms with E-state index in [0.29, 0.717) is 0 Å². The maximum atomic E-state index is 11.3. The molecule has 2 atom stereocenters. The number of ether oxygens (including phenoxy) is 1. The molecule has 0 saturated carbocycles. The van der Waals surface area contributed by atoms with Crippen molar-refractivity contribution in [2.24, 2.45) is 12.9 Å². The number of thioether (sulfide) groups is 1. The molecular weight excluding hydrogens is 240 g/mol. The number of aromatic nitrogens is 2. The van der Waals surface area contributed by atoms with Gasteiger partial charge in [-0.1, -0.05) is 0 Å². The van der Waals surface area contributed by atoms with Gasteiger partial charge in [-0.05, 0) is 12.8 Å². The van der Waals surface area contributed by atoms with E-state index >= 15 is 0 Å². The Bertz CT molecular complexity index is 395. The highest BCUT2D eigenvalue weighted by atomic mass is 32.2. The molecule has 7 heteroatoms. The fourth-order valence-electron chi connectivity index (χ4n) is 1.78. The van der Waals surface area contributed by atoms with Crippen molar-refractivity contribution in [3.8, 4) is 0 Å². The summed E-state index contributed by atoms with van der Waals surface area (Å²) in [4.78, 5) is 12.4. The van der Waals surface area contributed by atoms with E-state index in [1.165, 1.54) is 0 Å². The molecule has 0 bridgehead atoms. The number of nitrogens with zero attached hydrogens (tertiary/aromatic N) is 2. The summed E-state index contributed by atoms with van der Waals surface area (Å²) in [5.74, 6) is 5.67. The van der Waals surface area contributed by atoms with Gasteiger partial charge in [-0.3, -0.25) is 14.9 Å². The van der Waals surface area contributed by atoms with Gasteiger partial charge in [-0.2, -0.15) is 5.10 Å². The molecule has 2 heterocycles. The van der Waals surface area contributed by atoms with E-state index in [9.17, 15) is 4.79 Å². The second kappa shape index (κ2) is 5.52. The Morgan fingerprint density at radius 2 is 2.59 bits per heavy atom. The predicted octanol–water partition coefficient (Wildman–Crippen LogP) is 0.0497. The van der Waals surface area contributed by atoms with Gasteiger partial charge in [0.25, 0.3) is 5.91 Å². The Labute approximate surface area is 104 Å². The second-order valence-corrected chi connectivity index (χ2v) is 5.09. The third-order valence-corrected chi connectivity index (χ3v) is 3.74. The van der Waals surface area contributed by atoms with E-state index in [0.717, 1.165) is 23.5 Å². The highest BCUT2D eigenvalue weighted by Crippen LogP contribution is 2.26. The average Bonchev–Trinajstić information content (AvgIpc) is 2.94. The number of hydrogen-bond acceptors (Lipinski definition) is 5. The summed E-state index contributed by atoms with van der Waals surface area (Å²) in [6.07, 6.45) is 5.14. The molecule has 6 nitrogen and oxygen atoms in total. The molecule has 2 unspecified atom stereocenters. The number of nitrogens with one attached hydrogen (secondary N) is 1. The van der Waals surface area contributed by atoms with Crippen molar-refractivity contribution in [1.29, 1.82) is 0 Å². The van der Waals surface area contributed by atoms with Crippen molar-refractivity contribution in [3.63, 3.8) is 0 Å². The van der Waals surface area contributed by atoms with Crippen molar-refractivity contribution < 1.29 is 9.53 Å². The van der Waals surface area contributed by atoms with Gasteiger partial charge in [0, 0.05) is 23.9 Å². The number of hydrogen-bond donors (Lipinski definition) is 2. The van der Waals surface area contributed by atoms with Gasteiger partial charge in [-0.15, -0.1) is 11.8 Å². The number of hydrazine groups is 1. The summed E-state index contributed by atoms with van der Waals surface area (Å²) >= 11 is 1.69. The van der Waals surface area contributed by atoms with E-state index in [2.05, 4.69) is 10.5 Å². The lowest BCUT2D eigenvalue weighted by Crippen LogP contribution is -2.39. The molecule has 1 fully saturated rings. The first-order valence-corrected chi connectivity index (χ1v) is 6.45. The Morgan fingerprint density at radius 3 is 3.24 bits per heavy atom. The molecule has 1 saturated heterocycles. The minimum atomic E-state index is -0.389. The van der Waals surface area contributed by atoms with E-state index in [1.54, 1.807) is 16.4 Å². The van der Waals surface area contributed by atoms with Crippen LogP contribution in [0.3, 0.4) is 0 Å². The monoisotopic (exact) mass is 256 g/mol. The summed E-state index contributed by atoms with van der Waals surface area (Å²) in [5, 5.41) is 4.09. The van der Waals surface area contributed by atoms with Crippen LogP contribution in [0.15, 0.2) is 17.3 Å². The molecule has 0 spiro atoms. The molecule has 0 aliphatic carbocycles. The van der Waals surface area contributed by atoms with Crippen LogP contribution in [0.1, 0.15) is 12.8 Å². The molecule has 1 aromatic rings. The van der Waals surface area contributed by atoms with Crippen molar-refractivity contribution in [1.82, 2.24) is 15.2 Å². The number of rotatable bonds is 4. The third kappa shape index (κ3) is 3.21. The van der Waals surface area contributed by atoms with Crippen LogP contribution in [-0.2, 0) is 16.6 Å². The Balaban J connectivity index is 1.76. The van der Waals surface area contributed by atoms with E-state index in [1.807, 2.05) is 19.4 Å². The smallest absolute Gasteiger partial charge is 0.263 e. The second-order valence-electron chi connectivity index (χ2n) is 3.99. The quantitative estimate of drug-likeness (QED) is 0.344. The molecule has 3 N–H and O–H groups in total.